The number of amides is 1. The Morgan fingerprint density at radius 3 is 2.16 bits per heavy atom. The number of carbonyl (C=O) groups is 1. The Balaban J connectivity index is 1.70. The second-order valence-corrected chi connectivity index (χ2v) is 17.5. The van der Waals surface area contributed by atoms with Crippen LogP contribution in [0.4, 0.5) is 14.5 Å². The fourth-order valence-corrected chi connectivity index (χ4v) is 5.32. The molecule has 2 N–H and O–H groups in total. The number of hydrogen-bond donors (Lipinski definition) is 2. The molecule has 0 unspecified atom stereocenters. The Kier molecular flexibility index (Phi) is 7.49. The average Bonchev–Trinajstić information content (AvgIpc) is 3.58. The summed E-state index contributed by atoms with van der Waals surface area (Å²) in [5, 5.41) is 2.45. The lowest BCUT2D eigenvalue weighted by Crippen LogP contribution is -2.41. The lowest BCUT2D eigenvalue weighted by atomic mass is 9.74. The Bertz CT molecular complexity index is 1200. The van der Waals surface area contributed by atoms with Gasteiger partial charge in [-0.05, 0) is 112 Å². The summed E-state index contributed by atoms with van der Waals surface area (Å²) in [6.45, 7) is 15.8. The number of rotatable bonds is 8. The standard InChI is InChI=1S/C29H40BF2NO4Si/c1-27(2,38(7,8)35)15-14-20-21(30-36-28(3,4)29(5,6)37-30)10-9-11-24(20)33-26(34)25-22(31)16-19(17-23(25)32)18-12-13-18/h9-11,16-18,35H,12-15H2,1-8H3,(H,33,34). The second-order valence-electron chi connectivity index (χ2n) is 13.0. The van der Waals surface area contributed by atoms with Crippen molar-refractivity contribution in [3.63, 3.8) is 0 Å². The van der Waals surface area contributed by atoms with E-state index < -0.39 is 49.7 Å². The summed E-state index contributed by atoms with van der Waals surface area (Å²) in [6, 6.07) is 7.94. The molecule has 1 saturated carbocycles. The van der Waals surface area contributed by atoms with Crippen LogP contribution in [0.15, 0.2) is 30.3 Å². The third-order valence-corrected chi connectivity index (χ3v) is 12.5. The molecule has 0 spiro atoms. The Morgan fingerprint density at radius 1 is 1.11 bits per heavy atom. The first-order valence-corrected chi connectivity index (χ1v) is 16.4. The zero-order valence-electron chi connectivity index (χ0n) is 23.8. The van der Waals surface area contributed by atoms with Crippen LogP contribution in [0.25, 0.3) is 0 Å². The highest BCUT2D eigenvalue weighted by Crippen LogP contribution is 2.42. The third kappa shape index (κ3) is 5.62. The van der Waals surface area contributed by atoms with Crippen molar-refractivity contribution in [2.45, 2.75) is 102 Å². The van der Waals surface area contributed by atoms with Gasteiger partial charge in [-0.3, -0.25) is 4.79 Å². The van der Waals surface area contributed by atoms with E-state index in [0.29, 0.717) is 24.1 Å². The van der Waals surface area contributed by atoms with E-state index in [4.69, 9.17) is 9.31 Å². The van der Waals surface area contributed by atoms with Crippen LogP contribution in [0.1, 0.15) is 88.2 Å². The normalized spacial score (nSPS) is 19.1. The summed E-state index contributed by atoms with van der Waals surface area (Å²) in [7, 11) is -3.19. The van der Waals surface area contributed by atoms with E-state index in [9.17, 15) is 18.4 Å². The summed E-state index contributed by atoms with van der Waals surface area (Å²) in [6.07, 6.45) is 2.96. The first-order valence-electron chi connectivity index (χ1n) is 13.4. The van der Waals surface area contributed by atoms with Gasteiger partial charge in [-0.15, -0.1) is 0 Å². The highest BCUT2D eigenvalue weighted by atomic mass is 28.4. The predicted octanol–water partition coefficient (Wildman–Crippen LogP) is 6.30. The number of hydrogen-bond acceptors (Lipinski definition) is 4. The van der Waals surface area contributed by atoms with E-state index in [1.807, 2.05) is 60.7 Å². The van der Waals surface area contributed by atoms with Crippen LogP contribution in [0.2, 0.25) is 18.1 Å². The first kappa shape index (κ1) is 28.9. The average molecular weight is 544 g/mol. The lowest BCUT2D eigenvalue weighted by molar-refractivity contribution is 0.00578. The van der Waals surface area contributed by atoms with Gasteiger partial charge in [0.05, 0.1) is 11.2 Å². The topological polar surface area (TPSA) is 67.8 Å². The van der Waals surface area contributed by atoms with Crippen molar-refractivity contribution in [3.05, 3.63) is 58.7 Å². The van der Waals surface area contributed by atoms with Crippen LogP contribution >= 0.6 is 0 Å². The van der Waals surface area contributed by atoms with Crippen LogP contribution in [0, 0.1) is 11.6 Å². The molecule has 38 heavy (non-hydrogen) atoms. The minimum Gasteiger partial charge on any atom is -0.432 e. The molecule has 206 valence electrons. The van der Waals surface area contributed by atoms with Gasteiger partial charge in [0.15, 0.2) is 8.32 Å². The minimum absolute atomic E-state index is 0.169. The summed E-state index contributed by atoms with van der Waals surface area (Å²) in [4.78, 5) is 24.1. The van der Waals surface area contributed by atoms with Gasteiger partial charge in [0, 0.05) is 5.69 Å². The van der Waals surface area contributed by atoms with Gasteiger partial charge in [0.2, 0.25) is 0 Å². The lowest BCUT2D eigenvalue weighted by Gasteiger charge is -2.35. The number of carbonyl (C=O) groups excluding carboxylic acids is 1. The smallest absolute Gasteiger partial charge is 0.432 e. The highest BCUT2D eigenvalue weighted by Gasteiger charge is 2.52. The Hall–Kier alpha value is -2.07. The van der Waals surface area contributed by atoms with Crippen molar-refractivity contribution >= 4 is 32.5 Å². The van der Waals surface area contributed by atoms with E-state index in [1.165, 1.54) is 12.1 Å². The summed E-state index contributed by atoms with van der Waals surface area (Å²) in [5.74, 6) is -2.39. The van der Waals surface area contributed by atoms with E-state index in [2.05, 4.69) is 5.32 Å². The molecule has 2 aromatic carbocycles. The molecule has 0 atom stereocenters. The molecule has 1 aliphatic carbocycles. The molecule has 2 aromatic rings. The molecule has 0 radical (unpaired) electrons. The molecule has 1 saturated heterocycles. The molecule has 2 fully saturated rings. The van der Waals surface area contributed by atoms with Gasteiger partial charge >= 0.3 is 7.12 Å². The van der Waals surface area contributed by atoms with E-state index in [-0.39, 0.29) is 11.0 Å². The van der Waals surface area contributed by atoms with E-state index in [1.54, 1.807) is 12.1 Å². The molecular formula is C29H40BF2NO4Si. The summed E-state index contributed by atoms with van der Waals surface area (Å²) in [5.41, 5.74) is 0.830. The van der Waals surface area contributed by atoms with Crippen LogP contribution in [0.5, 0.6) is 0 Å². The van der Waals surface area contributed by atoms with Crippen molar-refractivity contribution in [2.75, 3.05) is 5.32 Å². The van der Waals surface area contributed by atoms with Crippen molar-refractivity contribution in [1.29, 1.82) is 0 Å². The van der Waals surface area contributed by atoms with Crippen molar-refractivity contribution in [2.24, 2.45) is 0 Å². The highest BCUT2D eigenvalue weighted by molar-refractivity contribution is 6.72. The van der Waals surface area contributed by atoms with Crippen LogP contribution in [-0.2, 0) is 15.7 Å². The Labute approximate surface area is 226 Å². The summed E-state index contributed by atoms with van der Waals surface area (Å²) >= 11 is 0. The van der Waals surface area contributed by atoms with Gasteiger partial charge in [-0.2, -0.15) is 0 Å². The molecule has 4 rings (SSSR count). The first-order chi connectivity index (χ1) is 17.4. The largest absolute Gasteiger partial charge is 0.495 e. The molecular weight excluding hydrogens is 503 g/mol. The fraction of sp³-hybridized carbons (Fsp3) is 0.552. The maximum Gasteiger partial charge on any atom is 0.495 e. The maximum atomic E-state index is 14.9. The molecule has 2 aliphatic rings. The third-order valence-electron chi connectivity index (χ3n) is 8.96. The van der Waals surface area contributed by atoms with Gasteiger partial charge < -0.3 is 19.4 Å². The molecule has 9 heteroatoms. The zero-order valence-corrected chi connectivity index (χ0v) is 24.8. The van der Waals surface area contributed by atoms with Crippen molar-refractivity contribution < 1.29 is 27.7 Å². The maximum absolute atomic E-state index is 14.9. The van der Waals surface area contributed by atoms with Gasteiger partial charge in [-0.25, -0.2) is 8.78 Å². The van der Waals surface area contributed by atoms with Gasteiger partial charge in [-0.1, -0.05) is 26.0 Å². The van der Waals surface area contributed by atoms with E-state index in [0.717, 1.165) is 23.9 Å². The zero-order chi connectivity index (χ0) is 28.3. The number of anilines is 1. The van der Waals surface area contributed by atoms with Crippen molar-refractivity contribution in [1.82, 2.24) is 0 Å². The molecule has 5 nitrogen and oxygen atoms in total. The monoisotopic (exact) mass is 543 g/mol. The SMILES string of the molecule is CC1(C)OB(c2cccc(NC(=O)c3c(F)cc(C4CC4)cc3F)c2CCC(C)(C)[Si](C)(C)O)OC1(C)C. The van der Waals surface area contributed by atoms with Crippen molar-refractivity contribution in [3.8, 4) is 0 Å². The van der Waals surface area contributed by atoms with Crippen LogP contribution in [0.3, 0.4) is 0 Å². The molecule has 1 amide bonds. The number of halogens is 2. The van der Waals surface area contributed by atoms with Gasteiger partial charge in [0.25, 0.3) is 5.91 Å². The molecule has 1 heterocycles. The van der Waals surface area contributed by atoms with Gasteiger partial charge in [0.1, 0.15) is 17.2 Å². The minimum atomic E-state index is -2.51. The fourth-order valence-electron chi connectivity index (χ4n) is 4.58. The molecule has 0 bridgehead atoms. The summed E-state index contributed by atoms with van der Waals surface area (Å²) < 4.78 is 42.5. The van der Waals surface area contributed by atoms with Crippen LogP contribution in [-0.4, -0.2) is 37.3 Å². The number of nitrogens with one attached hydrogen (secondary N) is 1. The molecule has 0 aromatic heterocycles. The van der Waals surface area contributed by atoms with E-state index >= 15 is 0 Å². The second kappa shape index (κ2) is 9.84. The predicted molar refractivity (Wildman–Crippen MR) is 151 cm³/mol. The van der Waals surface area contributed by atoms with Crippen LogP contribution < -0.4 is 10.8 Å². The number of benzene rings is 2. The quantitative estimate of drug-likeness (QED) is 0.384. The molecule has 1 aliphatic heterocycles. The Morgan fingerprint density at radius 2 is 1.66 bits per heavy atom.